The summed E-state index contributed by atoms with van der Waals surface area (Å²) in [7, 11) is -3.71. The monoisotopic (exact) mass is 303 g/mol. The van der Waals surface area contributed by atoms with Crippen LogP contribution in [0.5, 0.6) is 0 Å². The molecule has 3 rings (SSSR count). The summed E-state index contributed by atoms with van der Waals surface area (Å²) < 4.78 is 23.9. The van der Waals surface area contributed by atoms with E-state index in [0.717, 1.165) is 0 Å². The van der Waals surface area contributed by atoms with Gasteiger partial charge in [-0.3, -0.25) is 10.1 Å². The number of sulfone groups is 1. The van der Waals surface area contributed by atoms with Gasteiger partial charge in [-0.15, -0.1) is 0 Å². The van der Waals surface area contributed by atoms with Crippen molar-refractivity contribution in [1.29, 1.82) is 0 Å². The van der Waals surface area contributed by atoms with Crippen molar-refractivity contribution in [1.82, 2.24) is 9.97 Å². The average Bonchev–Trinajstić information content (AvgIpc) is 3.31. The Bertz CT molecular complexity index is 757. The Labute approximate surface area is 122 Å². The zero-order chi connectivity index (χ0) is 14.9. The van der Waals surface area contributed by atoms with Gasteiger partial charge in [-0.05, 0) is 31.0 Å². The molecule has 2 aromatic rings. The minimum Gasteiger partial charge on any atom is -0.293 e. The highest BCUT2D eigenvalue weighted by Crippen LogP contribution is 2.47. The number of carbonyl (C=O) groups excluding carboxylic acids is 1. The van der Waals surface area contributed by atoms with E-state index in [-0.39, 0.29) is 10.8 Å². The van der Waals surface area contributed by atoms with Crippen LogP contribution in [-0.4, -0.2) is 29.0 Å². The first kappa shape index (κ1) is 13.7. The highest BCUT2D eigenvalue weighted by molar-refractivity contribution is 7.94. The Kier molecular flexibility index (Phi) is 3.21. The topological polar surface area (TPSA) is 89.0 Å². The summed E-state index contributed by atoms with van der Waals surface area (Å²) in [5, 5.41) is 2.48. The largest absolute Gasteiger partial charge is 0.293 e. The number of hydrogen-bond acceptors (Lipinski definition) is 5. The Morgan fingerprint density at radius 3 is 2.24 bits per heavy atom. The lowest BCUT2D eigenvalue weighted by Gasteiger charge is -2.15. The predicted octanol–water partition coefficient (Wildman–Crippen LogP) is 1.42. The predicted molar refractivity (Wildman–Crippen MR) is 76.3 cm³/mol. The maximum atomic E-state index is 12.6. The zero-order valence-electron chi connectivity index (χ0n) is 11.1. The Balaban J connectivity index is 1.89. The van der Waals surface area contributed by atoms with Gasteiger partial charge in [0.15, 0.2) is 14.6 Å². The van der Waals surface area contributed by atoms with Gasteiger partial charge in [0, 0.05) is 12.4 Å². The van der Waals surface area contributed by atoms with Gasteiger partial charge in [0.25, 0.3) is 0 Å². The molecule has 1 aromatic heterocycles. The number of nitrogens with one attached hydrogen (secondary N) is 1. The third-order valence-electron chi connectivity index (χ3n) is 3.48. The number of rotatable bonds is 4. The molecular weight excluding hydrogens is 290 g/mol. The molecule has 0 radical (unpaired) electrons. The van der Waals surface area contributed by atoms with Crippen LogP contribution in [0.15, 0.2) is 53.7 Å². The van der Waals surface area contributed by atoms with E-state index in [1.165, 1.54) is 24.5 Å². The second-order valence-electron chi connectivity index (χ2n) is 4.84. The standard InChI is InChI=1S/C14H13N3O3S/c18-12(17-13-15-9-4-10-16-13)14(7-8-14)21(19,20)11-5-2-1-3-6-11/h1-6,9-10H,7-8H2,(H,15,16,17,18). The minimum atomic E-state index is -3.71. The van der Waals surface area contributed by atoms with E-state index in [1.807, 2.05) is 0 Å². The van der Waals surface area contributed by atoms with E-state index in [9.17, 15) is 13.2 Å². The van der Waals surface area contributed by atoms with Crippen molar-refractivity contribution in [3.63, 3.8) is 0 Å². The lowest BCUT2D eigenvalue weighted by Crippen LogP contribution is -2.37. The molecule has 1 aliphatic rings. The second-order valence-corrected chi connectivity index (χ2v) is 7.10. The van der Waals surface area contributed by atoms with E-state index < -0.39 is 20.5 Å². The molecule has 0 spiro atoms. The third kappa shape index (κ3) is 2.29. The maximum Gasteiger partial charge on any atom is 0.248 e. The minimum absolute atomic E-state index is 0.108. The van der Waals surface area contributed by atoms with Crippen molar-refractivity contribution in [2.45, 2.75) is 22.5 Å². The van der Waals surface area contributed by atoms with Crippen LogP contribution in [0.3, 0.4) is 0 Å². The molecule has 0 unspecified atom stereocenters. The van der Waals surface area contributed by atoms with Crippen LogP contribution in [0.1, 0.15) is 12.8 Å². The molecule has 0 aliphatic heterocycles. The molecule has 0 atom stereocenters. The maximum absolute atomic E-state index is 12.6. The van der Waals surface area contributed by atoms with Crippen molar-refractivity contribution < 1.29 is 13.2 Å². The van der Waals surface area contributed by atoms with Crippen LogP contribution in [0, 0.1) is 0 Å². The summed E-state index contributed by atoms with van der Waals surface area (Å²) in [6.45, 7) is 0. The molecule has 1 heterocycles. The smallest absolute Gasteiger partial charge is 0.248 e. The summed E-state index contributed by atoms with van der Waals surface area (Å²) in [5.41, 5.74) is 0. The number of carbonyl (C=O) groups is 1. The average molecular weight is 303 g/mol. The number of nitrogens with zero attached hydrogens (tertiary/aromatic N) is 2. The molecule has 0 saturated heterocycles. The lowest BCUT2D eigenvalue weighted by molar-refractivity contribution is -0.116. The van der Waals surface area contributed by atoms with Gasteiger partial charge in [0.2, 0.25) is 11.9 Å². The molecular formula is C14H13N3O3S. The zero-order valence-corrected chi connectivity index (χ0v) is 11.9. The first-order valence-corrected chi connectivity index (χ1v) is 7.93. The summed E-state index contributed by atoms with van der Waals surface area (Å²) in [6.07, 6.45) is 3.58. The van der Waals surface area contributed by atoms with Crippen LogP contribution < -0.4 is 5.32 Å². The van der Waals surface area contributed by atoms with E-state index >= 15 is 0 Å². The van der Waals surface area contributed by atoms with Crippen LogP contribution in [0.2, 0.25) is 0 Å². The fraction of sp³-hybridized carbons (Fsp3) is 0.214. The fourth-order valence-corrected chi connectivity index (χ4v) is 4.04. The summed E-state index contributed by atoms with van der Waals surface area (Å²) in [6, 6.07) is 9.63. The molecule has 6 nitrogen and oxygen atoms in total. The van der Waals surface area contributed by atoms with Crippen LogP contribution in [0.4, 0.5) is 5.95 Å². The summed E-state index contributed by atoms with van der Waals surface area (Å²) in [4.78, 5) is 20.3. The Morgan fingerprint density at radius 1 is 1.05 bits per heavy atom. The van der Waals surface area contributed by atoms with Gasteiger partial charge in [0.1, 0.15) is 0 Å². The van der Waals surface area contributed by atoms with E-state index in [4.69, 9.17) is 0 Å². The van der Waals surface area contributed by atoms with Crippen LogP contribution >= 0.6 is 0 Å². The number of benzene rings is 1. The molecule has 108 valence electrons. The third-order valence-corrected chi connectivity index (χ3v) is 5.99. The molecule has 21 heavy (non-hydrogen) atoms. The Hall–Kier alpha value is -2.28. The number of amides is 1. The highest BCUT2D eigenvalue weighted by Gasteiger charge is 2.61. The number of aromatic nitrogens is 2. The van der Waals surface area contributed by atoms with Crippen molar-refractivity contribution in [3.05, 3.63) is 48.8 Å². The molecule has 7 heteroatoms. The SMILES string of the molecule is O=C(Nc1ncccn1)C1(S(=O)(=O)c2ccccc2)CC1. The van der Waals surface area contributed by atoms with E-state index in [0.29, 0.717) is 12.8 Å². The van der Waals surface area contributed by atoms with Crippen molar-refractivity contribution in [3.8, 4) is 0 Å². The first-order valence-electron chi connectivity index (χ1n) is 6.44. The van der Waals surface area contributed by atoms with E-state index in [1.54, 1.807) is 24.3 Å². The molecule has 1 aromatic carbocycles. The number of anilines is 1. The van der Waals surface area contributed by atoms with Crippen LogP contribution in [-0.2, 0) is 14.6 Å². The van der Waals surface area contributed by atoms with Crippen molar-refractivity contribution >= 4 is 21.7 Å². The number of hydrogen-bond donors (Lipinski definition) is 1. The van der Waals surface area contributed by atoms with Gasteiger partial charge in [-0.25, -0.2) is 18.4 Å². The molecule has 1 amide bonds. The summed E-state index contributed by atoms with van der Waals surface area (Å²) in [5.74, 6) is -0.463. The highest BCUT2D eigenvalue weighted by atomic mass is 32.2. The first-order chi connectivity index (χ1) is 10.1. The molecule has 1 N–H and O–H groups in total. The second kappa shape index (κ2) is 4.92. The van der Waals surface area contributed by atoms with Crippen LogP contribution in [0.25, 0.3) is 0 Å². The van der Waals surface area contributed by atoms with Gasteiger partial charge < -0.3 is 0 Å². The molecule has 1 fully saturated rings. The molecule has 1 saturated carbocycles. The van der Waals surface area contributed by atoms with Gasteiger partial charge in [-0.2, -0.15) is 0 Å². The van der Waals surface area contributed by atoms with Gasteiger partial charge >= 0.3 is 0 Å². The normalized spacial score (nSPS) is 16.2. The lowest BCUT2D eigenvalue weighted by atomic mass is 10.4. The fourth-order valence-electron chi connectivity index (χ4n) is 2.14. The van der Waals surface area contributed by atoms with E-state index in [2.05, 4.69) is 15.3 Å². The van der Waals surface area contributed by atoms with Crippen molar-refractivity contribution in [2.24, 2.45) is 0 Å². The van der Waals surface area contributed by atoms with Gasteiger partial charge in [0.05, 0.1) is 4.90 Å². The quantitative estimate of drug-likeness (QED) is 0.922. The molecule has 0 bridgehead atoms. The molecule has 1 aliphatic carbocycles. The summed E-state index contributed by atoms with van der Waals surface area (Å²) >= 11 is 0. The van der Waals surface area contributed by atoms with Crippen molar-refractivity contribution in [2.75, 3.05) is 5.32 Å². The Morgan fingerprint density at radius 2 is 1.67 bits per heavy atom. The van der Waals surface area contributed by atoms with Gasteiger partial charge in [-0.1, -0.05) is 18.2 Å².